The van der Waals surface area contributed by atoms with Crippen LogP contribution >= 0.6 is 0 Å². The molecule has 78 valence electrons. The molecule has 2 aliphatic rings. The molecule has 1 aromatic rings. The Kier molecular flexibility index (Phi) is 1.56. The first-order valence-electron chi connectivity index (χ1n) is 5.14. The van der Waals surface area contributed by atoms with Crippen LogP contribution in [-0.4, -0.2) is 23.0 Å². The maximum atomic E-state index is 6.04. The number of quaternary nitrogens is 1. The fraction of sp³-hybridized carbons (Fsp3) is 0.400. The third kappa shape index (κ3) is 1.20. The number of allylic oxidation sites excluding steroid dienone is 1. The van der Waals surface area contributed by atoms with E-state index in [0.717, 1.165) is 17.2 Å². The average molecular weight is 204 g/mol. The normalized spacial score (nSPS) is 30.2. The molecule has 1 saturated carbocycles. The van der Waals surface area contributed by atoms with Crippen molar-refractivity contribution in [3.63, 3.8) is 0 Å². The maximum absolute atomic E-state index is 6.04. The van der Waals surface area contributed by atoms with Crippen molar-refractivity contribution in [1.29, 1.82) is 0 Å². The molecule has 1 aromatic heterocycles. The van der Waals surface area contributed by atoms with E-state index >= 15 is 0 Å². The Morgan fingerprint density at radius 1 is 1.53 bits per heavy atom. The number of nitrogens with zero attached hydrogens (tertiary/aromatic N) is 3. The molecule has 0 amide bonds. The van der Waals surface area contributed by atoms with Gasteiger partial charge in [-0.2, -0.15) is 5.10 Å². The number of H-pyrrole nitrogens is 1. The van der Waals surface area contributed by atoms with E-state index in [-0.39, 0.29) is 0 Å². The number of aromatic nitrogens is 2. The van der Waals surface area contributed by atoms with E-state index in [1.165, 1.54) is 12.8 Å². The van der Waals surface area contributed by atoms with Crippen LogP contribution in [0, 0.1) is 5.92 Å². The van der Waals surface area contributed by atoms with Crippen LogP contribution in [0.4, 0.5) is 5.69 Å². The Morgan fingerprint density at radius 3 is 2.93 bits per heavy atom. The second-order valence-electron chi connectivity index (χ2n) is 4.28. The van der Waals surface area contributed by atoms with Gasteiger partial charge in [-0.1, -0.05) is 5.10 Å². The Labute approximate surface area is 87.9 Å². The molecule has 1 atom stereocenters. The molecule has 1 aliphatic carbocycles. The van der Waals surface area contributed by atoms with Gasteiger partial charge in [0, 0.05) is 12.0 Å². The predicted molar refractivity (Wildman–Crippen MR) is 58.7 cm³/mol. The summed E-state index contributed by atoms with van der Waals surface area (Å²) >= 11 is 0. The van der Waals surface area contributed by atoms with Crippen LogP contribution in [0.2, 0.25) is 0 Å². The first kappa shape index (κ1) is 8.67. The van der Waals surface area contributed by atoms with Gasteiger partial charge in [-0.15, -0.1) is 4.59 Å². The molecule has 1 fully saturated rings. The zero-order chi connectivity index (χ0) is 10.5. The summed E-state index contributed by atoms with van der Waals surface area (Å²) in [6, 6.07) is 0. The SMILES string of the molecule is C[N+]1(c2cn[nH]c2)N=C(C2CC2)C=C1N. The first-order chi connectivity index (χ1) is 7.20. The molecule has 0 saturated heterocycles. The minimum atomic E-state index is 0.308. The smallest absolute Gasteiger partial charge is 0.232 e. The Balaban J connectivity index is 2.03. The van der Waals surface area contributed by atoms with Crippen molar-refractivity contribution in [3.05, 3.63) is 24.3 Å². The number of hydrogen-bond donors (Lipinski definition) is 2. The first-order valence-corrected chi connectivity index (χ1v) is 5.14. The molecule has 15 heavy (non-hydrogen) atoms. The van der Waals surface area contributed by atoms with E-state index in [2.05, 4.69) is 15.3 Å². The third-order valence-electron chi connectivity index (χ3n) is 3.10. The Hall–Kier alpha value is -1.62. The highest BCUT2D eigenvalue weighted by Crippen LogP contribution is 2.37. The van der Waals surface area contributed by atoms with E-state index in [0.29, 0.717) is 10.5 Å². The van der Waals surface area contributed by atoms with Crippen LogP contribution in [0.15, 0.2) is 29.4 Å². The zero-order valence-electron chi connectivity index (χ0n) is 8.64. The summed E-state index contributed by atoms with van der Waals surface area (Å²) in [7, 11) is 1.98. The fourth-order valence-corrected chi connectivity index (χ4v) is 1.86. The van der Waals surface area contributed by atoms with E-state index in [1.807, 2.05) is 19.3 Å². The van der Waals surface area contributed by atoms with Crippen molar-refractivity contribution in [2.45, 2.75) is 12.8 Å². The second-order valence-corrected chi connectivity index (χ2v) is 4.28. The summed E-state index contributed by atoms with van der Waals surface area (Å²) < 4.78 is 0.308. The minimum Gasteiger partial charge on any atom is -0.352 e. The van der Waals surface area contributed by atoms with Crippen molar-refractivity contribution in [3.8, 4) is 0 Å². The molecular formula is C10H14N5+. The Bertz CT molecular complexity index is 440. The van der Waals surface area contributed by atoms with E-state index < -0.39 is 0 Å². The molecule has 0 bridgehead atoms. The molecule has 2 heterocycles. The van der Waals surface area contributed by atoms with Gasteiger partial charge in [0.15, 0.2) is 0 Å². The molecule has 0 aromatic carbocycles. The van der Waals surface area contributed by atoms with Gasteiger partial charge in [0.2, 0.25) is 11.5 Å². The summed E-state index contributed by atoms with van der Waals surface area (Å²) in [6.45, 7) is 0. The molecule has 1 unspecified atom stereocenters. The van der Waals surface area contributed by atoms with Gasteiger partial charge in [-0.05, 0) is 12.8 Å². The second kappa shape index (κ2) is 2.70. The van der Waals surface area contributed by atoms with Gasteiger partial charge in [-0.3, -0.25) is 5.10 Å². The monoisotopic (exact) mass is 204 g/mol. The molecular weight excluding hydrogens is 190 g/mol. The largest absolute Gasteiger partial charge is 0.352 e. The molecule has 3 N–H and O–H groups in total. The highest BCUT2D eigenvalue weighted by atomic mass is 15.7. The van der Waals surface area contributed by atoms with Crippen molar-refractivity contribution < 1.29 is 0 Å². The van der Waals surface area contributed by atoms with Crippen molar-refractivity contribution in [1.82, 2.24) is 14.8 Å². The lowest BCUT2D eigenvalue weighted by molar-refractivity contribution is 0.438. The van der Waals surface area contributed by atoms with Crippen LogP contribution in [0.5, 0.6) is 0 Å². The van der Waals surface area contributed by atoms with Gasteiger partial charge in [0.1, 0.15) is 19.0 Å². The van der Waals surface area contributed by atoms with Crippen molar-refractivity contribution in [2.75, 3.05) is 7.05 Å². The van der Waals surface area contributed by atoms with Gasteiger partial charge >= 0.3 is 0 Å². The predicted octanol–water partition coefficient (Wildman–Crippen LogP) is 0.926. The number of aromatic amines is 1. The quantitative estimate of drug-likeness (QED) is 0.704. The molecule has 3 rings (SSSR count). The Morgan fingerprint density at radius 2 is 2.33 bits per heavy atom. The number of rotatable bonds is 2. The highest BCUT2D eigenvalue weighted by Gasteiger charge is 2.40. The maximum Gasteiger partial charge on any atom is 0.232 e. The van der Waals surface area contributed by atoms with E-state index in [9.17, 15) is 0 Å². The summed E-state index contributed by atoms with van der Waals surface area (Å²) in [5, 5.41) is 11.4. The van der Waals surface area contributed by atoms with Crippen LogP contribution < -0.4 is 10.3 Å². The standard InChI is InChI=1S/C10H14N5/c1-15(8-5-12-13-6-8)10(11)4-9(14-15)7-2-3-7/h4-7H,2-3,11H2,1H3,(H,12,13)/q+1. The lowest BCUT2D eigenvalue weighted by Gasteiger charge is -2.21. The number of nitrogens with two attached hydrogens (primary N) is 1. The number of hydrogen-bond acceptors (Lipinski definition) is 3. The van der Waals surface area contributed by atoms with Gasteiger partial charge < -0.3 is 5.73 Å². The average Bonchev–Trinajstić information content (AvgIpc) is 2.81. The van der Waals surface area contributed by atoms with Crippen molar-refractivity contribution in [2.24, 2.45) is 16.8 Å². The van der Waals surface area contributed by atoms with Crippen LogP contribution in [0.3, 0.4) is 0 Å². The molecule has 5 heteroatoms. The third-order valence-corrected chi connectivity index (χ3v) is 3.10. The van der Waals surface area contributed by atoms with Gasteiger partial charge in [0.25, 0.3) is 0 Å². The lowest BCUT2D eigenvalue weighted by Crippen LogP contribution is -2.39. The summed E-state index contributed by atoms with van der Waals surface area (Å²) in [5.74, 6) is 1.40. The highest BCUT2D eigenvalue weighted by molar-refractivity contribution is 6.01. The summed E-state index contributed by atoms with van der Waals surface area (Å²) in [4.78, 5) is 0. The minimum absolute atomic E-state index is 0.308. The van der Waals surface area contributed by atoms with Crippen molar-refractivity contribution >= 4 is 11.4 Å². The zero-order valence-corrected chi connectivity index (χ0v) is 8.64. The molecule has 0 radical (unpaired) electrons. The fourth-order valence-electron chi connectivity index (χ4n) is 1.86. The van der Waals surface area contributed by atoms with E-state index in [1.54, 1.807) is 6.20 Å². The van der Waals surface area contributed by atoms with Crippen LogP contribution in [0.1, 0.15) is 12.8 Å². The van der Waals surface area contributed by atoms with Crippen LogP contribution in [0.25, 0.3) is 0 Å². The lowest BCUT2D eigenvalue weighted by atomic mass is 10.2. The molecule has 5 nitrogen and oxygen atoms in total. The summed E-state index contributed by atoms with van der Waals surface area (Å²) in [5.41, 5.74) is 8.14. The van der Waals surface area contributed by atoms with Gasteiger partial charge in [-0.25, -0.2) is 0 Å². The summed E-state index contributed by atoms with van der Waals surface area (Å²) in [6.07, 6.45) is 8.09. The van der Waals surface area contributed by atoms with E-state index in [4.69, 9.17) is 5.73 Å². The molecule has 1 aliphatic heterocycles. The van der Waals surface area contributed by atoms with Crippen LogP contribution in [-0.2, 0) is 0 Å². The number of nitrogens with one attached hydrogen (secondary N) is 1. The topological polar surface area (TPSA) is 67.1 Å². The van der Waals surface area contributed by atoms with Gasteiger partial charge in [0.05, 0.1) is 6.20 Å². The molecule has 0 spiro atoms.